The fourth-order valence-electron chi connectivity index (χ4n) is 3.09. The molecule has 26 heavy (non-hydrogen) atoms. The average molecular weight is 353 g/mol. The van der Waals surface area contributed by atoms with Crippen molar-refractivity contribution in [3.63, 3.8) is 0 Å². The van der Waals surface area contributed by atoms with Crippen LogP contribution in [-0.4, -0.2) is 22.0 Å². The quantitative estimate of drug-likeness (QED) is 0.626. The number of aryl methyl sites for hydroxylation is 1. The number of fused-ring (bicyclic) bond motifs is 1. The minimum Gasteiger partial charge on any atom is -0.352 e. The minimum atomic E-state index is -0.372. The smallest absolute Gasteiger partial charge is 0.252 e. The molecule has 4 nitrogen and oxygen atoms in total. The van der Waals surface area contributed by atoms with E-state index in [9.17, 15) is 9.18 Å². The number of unbranched alkanes of at least 4 members (excludes halogenated alkanes) is 3. The zero-order valence-electron chi connectivity index (χ0n) is 15.3. The number of nitrogens with zero attached hydrogens (tertiary/aromatic N) is 2. The predicted octanol–water partition coefficient (Wildman–Crippen LogP) is 4.69. The Labute approximate surface area is 153 Å². The van der Waals surface area contributed by atoms with E-state index in [1.165, 1.54) is 12.1 Å². The molecule has 0 aliphatic rings. The van der Waals surface area contributed by atoms with Gasteiger partial charge in [-0.05, 0) is 42.8 Å². The molecule has 0 saturated heterocycles. The summed E-state index contributed by atoms with van der Waals surface area (Å²) in [5.41, 5.74) is 2.68. The molecule has 0 unspecified atom stereocenters. The van der Waals surface area contributed by atoms with Crippen molar-refractivity contribution in [1.29, 1.82) is 0 Å². The summed E-state index contributed by atoms with van der Waals surface area (Å²) < 4.78 is 15.7. The van der Waals surface area contributed by atoms with Gasteiger partial charge in [-0.2, -0.15) is 0 Å². The lowest BCUT2D eigenvalue weighted by Crippen LogP contribution is -2.25. The van der Waals surface area contributed by atoms with Gasteiger partial charge < -0.3 is 9.88 Å². The monoisotopic (exact) mass is 353 g/mol. The molecule has 3 rings (SSSR count). The Morgan fingerprint density at radius 1 is 1.19 bits per heavy atom. The summed E-state index contributed by atoms with van der Waals surface area (Å²) in [6.45, 7) is 2.78. The first-order chi connectivity index (χ1) is 12.6. The van der Waals surface area contributed by atoms with Crippen LogP contribution in [0.4, 0.5) is 4.39 Å². The van der Waals surface area contributed by atoms with Crippen molar-refractivity contribution >= 4 is 16.8 Å². The lowest BCUT2D eigenvalue weighted by molar-refractivity contribution is 0.0954. The van der Waals surface area contributed by atoms with Crippen molar-refractivity contribution in [1.82, 2.24) is 14.9 Å². The topological polar surface area (TPSA) is 46.9 Å². The lowest BCUT2D eigenvalue weighted by Gasteiger charge is -2.11. The highest BCUT2D eigenvalue weighted by molar-refractivity contribution is 6.07. The van der Waals surface area contributed by atoms with Crippen LogP contribution < -0.4 is 5.32 Å². The Morgan fingerprint density at radius 2 is 2.04 bits per heavy atom. The Balaban J connectivity index is 1.95. The Hall–Kier alpha value is -2.69. The van der Waals surface area contributed by atoms with Gasteiger partial charge in [-0.15, -0.1) is 0 Å². The van der Waals surface area contributed by atoms with Gasteiger partial charge in [0.1, 0.15) is 5.82 Å². The third kappa shape index (κ3) is 3.93. The maximum atomic E-state index is 13.7. The van der Waals surface area contributed by atoms with Crippen LogP contribution in [-0.2, 0) is 7.05 Å². The molecule has 0 aliphatic carbocycles. The van der Waals surface area contributed by atoms with E-state index in [1.807, 2.05) is 29.9 Å². The molecule has 2 aromatic heterocycles. The number of benzene rings is 1. The SMILES string of the molecule is CCCCCCNC(=O)c1cc(-c2cccn2C)nc2ccc(F)cc12. The number of carbonyl (C=O) groups is 1. The van der Waals surface area contributed by atoms with Gasteiger partial charge in [-0.1, -0.05) is 26.2 Å². The second-order valence-corrected chi connectivity index (χ2v) is 6.54. The number of nitrogens with one attached hydrogen (secondary N) is 1. The molecule has 1 N–H and O–H groups in total. The van der Waals surface area contributed by atoms with Gasteiger partial charge in [0.2, 0.25) is 0 Å². The summed E-state index contributed by atoms with van der Waals surface area (Å²) in [5.74, 6) is -0.558. The van der Waals surface area contributed by atoms with Crippen LogP contribution in [0.5, 0.6) is 0 Å². The summed E-state index contributed by atoms with van der Waals surface area (Å²) in [4.78, 5) is 17.4. The van der Waals surface area contributed by atoms with E-state index in [4.69, 9.17) is 0 Å². The molecule has 0 radical (unpaired) electrons. The summed E-state index contributed by atoms with van der Waals surface area (Å²) >= 11 is 0. The largest absolute Gasteiger partial charge is 0.352 e. The van der Waals surface area contributed by atoms with Gasteiger partial charge in [0.25, 0.3) is 5.91 Å². The molecular formula is C21H24FN3O. The van der Waals surface area contributed by atoms with E-state index >= 15 is 0 Å². The van der Waals surface area contributed by atoms with Gasteiger partial charge in [-0.25, -0.2) is 9.37 Å². The Morgan fingerprint density at radius 3 is 2.77 bits per heavy atom. The molecule has 0 aliphatic heterocycles. The molecule has 1 amide bonds. The number of rotatable bonds is 7. The Bertz CT molecular complexity index is 917. The highest BCUT2D eigenvalue weighted by atomic mass is 19.1. The number of halogens is 1. The normalized spacial score (nSPS) is 11.0. The van der Waals surface area contributed by atoms with E-state index in [1.54, 1.807) is 12.1 Å². The molecule has 3 aromatic rings. The van der Waals surface area contributed by atoms with Crippen molar-refractivity contribution in [2.24, 2.45) is 7.05 Å². The molecule has 0 saturated carbocycles. The van der Waals surface area contributed by atoms with E-state index < -0.39 is 0 Å². The number of carbonyl (C=O) groups excluding carboxylic acids is 1. The first-order valence-corrected chi connectivity index (χ1v) is 9.10. The van der Waals surface area contributed by atoms with E-state index in [-0.39, 0.29) is 11.7 Å². The summed E-state index contributed by atoms with van der Waals surface area (Å²) in [6.07, 6.45) is 6.29. The minimum absolute atomic E-state index is 0.185. The number of amides is 1. The summed E-state index contributed by atoms with van der Waals surface area (Å²) in [5, 5.41) is 3.50. The van der Waals surface area contributed by atoms with Crippen LogP contribution in [0.15, 0.2) is 42.6 Å². The number of aromatic nitrogens is 2. The maximum Gasteiger partial charge on any atom is 0.252 e. The zero-order valence-corrected chi connectivity index (χ0v) is 15.3. The first-order valence-electron chi connectivity index (χ1n) is 9.10. The van der Waals surface area contributed by atoms with Gasteiger partial charge in [0.05, 0.1) is 22.5 Å². The zero-order chi connectivity index (χ0) is 18.5. The van der Waals surface area contributed by atoms with Gasteiger partial charge in [-0.3, -0.25) is 4.79 Å². The van der Waals surface area contributed by atoms with Crippen LogP contribution in [0, 0.1) is 5.82 Å². The van der Waals surface area contributed by atoms with Crippen molar-refractivity contribution < 1.29 is 9.18 Å². The van der Waals surface area contributed by atoms with Crippen molar-refractivity contribution in [2.75, 3.05) is 6.54 Å². The van der Waals surface area contributed by atoms with Crippen LogP contribution >= 0.6 is 0 Å². The standard InChI is InChI=1S/C21H24FN3O/c1-3-4-5-6-11-23-21(26)17-14-19(20-8-7-12-25(20)2)24-18-10-9-15(22)13-16(17)18/h7-10,12-14H,3-6,11H2,1-2H3,(H,23,26). The Kier molecular flexibility index (Phi) is 5.66. The van der Waals surface area contributed by atoms with Crippen molar-refractivity contribution in [3.05, 3.63) is 54.0 Å². The first kappa shape index (κ1) is 18.1. The average Bonchev–Trinajstić information content (AvgIpc) is 3.06. The van der Waals surface area contributed by atoms with Gasteiger partial charge in [0, 0.05) is 25.2 Å². The second kappa shape index (κ2) is 8.13. The highest BCUT2D eigenvalue weighted by Crippen LogP contribution is 2.25. The lowest BCUT2D eigenvalue weighted by atomic mass is 10.1. The highest BCUT2D eigenvalue weighted by Gasteiger charge is 2.15. The predicted molar refractivity (Wildman–Crippen MR) is 103 cm³/mol. The summed E-state index contributed by atoms with van der Waals surface area (Å²) in [7, 11) is 1.93. The second-order valence-electron chi connectivity index (χ2n) is 6.54. The van der Waals surface area contributed by atoms with Gasteiger partial charge in [0.15, 0.2) is 0 Å². The third-order valence-electron chi connectivity index (χ3n) is 4.54. The van der Waals surface area contributed by atoms with E-state index in [0.29, 0.717) is 28.7 Å². The molecule has 2 heterocycles. The van der Waals surface area contributed by atoms with Crippen LogP contribution in [0.25, 0.3) is 22.3 Å². The molecule has 0 fully saturated rings. The van der Waals surface area contributed by atoms with Crippen molar-refractivity contribution in [3.8, 4) is 11.4 Å². The molecule has 0 atom stereocenters. The van der Waals surface area contributed by atoms with Crippen LogP contribution in [0.2, 0.25) is 0 Å². The molecule has 136 valence electrons. The maximum absolute atomic E-state index is 13.7. The van der Waals surface area contributed by atoms with E-state index in [0.717, 1.165) is 31.4 Å². The third-order valence-corrected chi connectivity index (χ3v) is 4.54. The summed E-state index contributed by atoms with van der Waals surface area (Å²) in [6, 6.07) is 10.00. The molecule has 0 spiro atoms. The molecular weight excluding hydrogens is 329 g/mol. The van der Waals surface area contributed by atoms with E-state index in [2.05, 4.69) is 17.2 Å². The fourth-order valence-corrected chi connectivity index (χ4v) is 3.09. The molecule has 0 bridgehead atoms. The van der Waals surface area contributed by atoms with Crippen LogP contribution in [0.1, 0.15) is 43.0 Å². The van der Waals surface area contributed by atoms with Crippen molar-refractivity contribution in [2.45, 2.75) is 32.6 Å². The molecule has 1 aromatic carbocycles. The number of pyridine rings is 1. The van der Waals surface area contributed by atoms with Gasteiger partial charge >= 0.3 is 0 Å². The van der Waals surface area contributed by atoms with Crippen LogP contribution in [0.3, 0.4) is 0 Å². The fraction of sp³-hybridized carbons (Fsp3) is 0.333. The number of hydrogen-bond acceptors (Lipinski definition) is 2. The molecule has 5 heteroatoms. The number of hydrogen-bond donors (Lipinski definition) is 1.